The highest BCUT2D eigenvalue weighted by atomic mass is 32.1. The van der Waals surface area contributed by atoms with E-state index in [1.54, 1.807) is 30.6 Å². The Morgan fingerprint density at radius 2 is 1.65 bits per heavy atom. The summed E-state index contributed by atoms with van der Waals surface area (Å²) in [5, 5.41) is 0.959. The van der Waals surface area contributed by atoms with Gasteiger partial charge in [-0.3, -0.25) is 4.79 Å². The van der Waals surface area contributed by atoms with E-state index in [2.05, 4.69) is 0 Å². The number of rotatable bonds is 9. The maximum atomic E-state index is 13.5. The van der Waals surface area contributed by atoms with Crippen molar-refractivity contribution in [3.63, 3.8) is 0 Å². The molecule has 1 aliphatic heterocycles. The van der Waals surface area contributed by atoms with Gasteiger partial charge in [0.1, 0.15) is 10.8 Å². The summed E-state index contributed by atoms with van der Waals surface area (Å²) in [7, 11) is 1.65. The van der Waals surface area contributed by atoms with Crippen LogP contribution in [0.1, 0.15) is 41.7 Å². The molecule has 4 rings (SSSR count). The molecule has 2 aromatic carbocycles. The van der Waals surface area contributed by atoms with Gasteiger partial charge >= 0.3 is 0 Å². The van der Waals surface area contributed by atoms with Crippen LogP contribution in [0.2, 0.25) is 0 Å². The molecule has 7 nitrogen and oxygen atoms in total. The number of methoxy groups -OCH3 is 1. The van der Waals surface area contributed by atoms with Crippen LogP contribution in [0, 0.1) is 0 Å². The van der Waals surface area contributed by atoms with Crippen molar-refractivity contribution in [2.45, 2.75) is 33.7 Å². The molecule has 0 radical (unpaired) electrons. The second kappa shape index (κ2) is 10.8. The normalized spacial score (nSPS) is 12.8. The van der Waals surface area contributed by atoms with Gasteiger partial charge in [-0.15, -0.1) is 11.3 Å². The van der Waals surface area contributed by atoms with Gasteiger partial charge in [0.05, 0.1) is 39.2 Å². The number of carbonyl (C=O) groups excluding carboxylic acids is 1. The summed E-state index contributed by atoms with van der Waals surface area (Å²) in [6.07, 6.45) is 0.724. The number of nitrogens with zero attached hydrogens (tertiary/aromatic N) is 2. The van der Waals surface area contributed by atoms with Gasteiger partial charge in [-0.1, -0.05) is 0 Å². The molecule has 8 heteroatoms. The third kappa shape index (κ3) is 4.97. The average molecular weight is 483 g/mol. The summed E-state index contributed by atoms with van der Waals surface area (Å²) in [5.74, 6) is 2.34. The van der Waals surface area contributed by atoms with Gasteiger partial charge in [0.2, 0.25) is 5.75 Å². The van der Waals surface area contributed by atoms with Crippen LogP contribution in [0.3, 0.4) is 0 Å². The Labute approximate surface area is 204 Å². The largest absolute Gasteiger partial charge is 0.497 e. The Morgan fingerprint density at radius 1 is 1.00 bits per heavy atom. The standard InChI is InChI=1S/C26H30N2O5S/c1-5-31-21-14-18(15-22(32-6-2)24(21)33-7-3)26(29)28-13-12-20-23(16-28)34-25(27-20)17-8-10-19(30-4)11-9-17/h8-11,14-15H,5-7,12-13,16H2,1-4H3. The number of carbonyl (C=O) groups is 1. The van der Waals surface area contributed by atoms with Crippen LogP contribution in [0.4, 0.5) is 0 Å². The number of thiazole rings is 1. The van der Waals surface area contributed by atoms with Crippen molar-refractivity contribution in [3.8, 4) is 33.6 Å². The molecule has 180 valence electrons. The fourth-order valence-corrected chi connectivity index (χ4v) is 5.05. The fourth-order valence-electron chi connectivity index (χ4n) is 3.92. The molecule has 34 heavy (non-hydrogen) atoms. The number of amides is 1. The van der Waals surface area contributed by atoms with Crippen molar-refractivity contribution in [3.05, 3.63) is 52.5 Å². The first-order chi connectivity index (χ1) is 16.6. The minimum atomic E-state index is -0.0602. The summed E-state index contributed by atoms with van der Waals surface area (Å²) >= 11 is 1.63. The van der Waals surface area contributed by atoms with Crippen LogP contribution in [0.15, 0.2) is 36.4 Å². The summed E-state index contributed by atoms with van der Waals surface area (Å²) < 4.78 is 22.6. The van der Waals surface area contributed by atoms with Crippen LogP contribution >= 0.6 is 11.3 Å². The van der Waals surface area contributed by atoms with Crippen molar-refractivity contribution >= 4 is 17.2 Å². The summed E-state index contributed by atoms with van der Waals surface area (Å²) in [6.45, 7) is 8.26. The van der Waals surface area contributed by atoms with Crippen molar-refractivity contribution in [2.75, 3.05) is 33.5 Å². The Bertz CT molecular complexity index is 1120. The Hall–Kier alpha value is -3.26. The molecule has 1 aliphatic rings. The monoisotopic (exact) mass is 482 g/mol. The van der Waals surface area contributed by atoms with E-state index in [1.807, 2.05) is 49.9 Å². The molecule has 0 fully saturated rings. The van der Waals surface area contributed by atoms with Crippen LogP contribution in [-0.4, -0.2) is 49.3 Å². The first-order valence-corrected chi connectivity index (χ1v) is 12.4. The summed E-state index contributed by atoms with van der Waals surface area (Å²) in [5.41, 5.74) is 2.64. The number of fused-ring (bicyclic) bond motifs is 1. The predicted molar refractivity (Wildman–Crippen MR) is 132 cm³/mol. The van der Waals surface area contributed by atoms with E-state index >= 15 is 0 Å². The lowest BCUT2D eigenvalue weighted by Crippen LogP contribution is -2.35. The highest BCUT2D eigenvalue weighted by Crippen LogP contribution is 2.40. The first kappa shape index (κ1) is 23.9. The van der Waals surface area contributed by atoms with Crippen LogP contribution < -0.4 is 18.9 Å². The molecule has 0 unspecified atom stereocenters. The average Bonchev–Trinajstić information content (AvgIpc) is 3.29. The topological polar surface area (TPSA) is 70.1 Å². The van der Waals surface area contributed by atoms with Crippen LogP contribution in [0.25, 0.3) is 10.6 Å². The van der Waals surface area contributed by atoms with Gasteiger partial charge in [-0.2, -0.15) is 0 Å². The molecule has 0 saturated carbocycles. The van der Waals surface area contributed by atoms with Gasteiger partial charge in [0.25, 0.3) is 5.91 Å². The lowest BCUT2D eigenvalue weighted by Gasteiger charge is -2.27. The first-order valence-electron chi connectivity index (χ1n) is 11.6. The zero-order chi connectivity index (χ0) is 24.1. The van der Waals surface area contributed by atoms with Crippen molar-refractivity contribution in [2.24, 2.45) is 0 Å². The quantitative estimate of drug-likeness (QED) is 0.417. The molecule has 2 heterocycles. The third-order valence-electron chi connectivity index (χ3n) is 5.51. The minimum Gasteiger partial charge on any atom is -0.497 e. The second-order valence-electron chi connectivity index (χ2n) is 7.69. The van der Waals surface area contributed by atoms with Crippen LogP contribution in [-0.2, 0) is 13.0 Å². The third-order valence-corrected chi connectivity index (χ3v) is 6.64. The van der Waals surface area contributed by atoms with E-state index in [9.17, 15) is 4.79 Å². The molecule has 0 N–H and O–H groups in total. The predicted octanol–water partition coefficient (Wildman–Crippen LogP) is 5.21. The molecule has 1 amide bonds. The van der Waals surface area contributed by atoms with Gasteiger partial charge < -0.3 is 23.8 Å². The lowest BCUT2D eigenvalue weighted by molar-refractivity contribution is 0.0735. The number of hydrogen-bond donors (Lipinski definition) is 0. The number of hydrogen-bond acceptors (Lipinski definition) is 7. The summed E-state index contributed by atoms with van der Waals surface area (Å²) in [4.78, 5) is 21.3. The molecule has 0 aliphatic carbocycles. The van der Waals surface area contributed by atoms with Crippen molar-refractivity contribution in [1.29, 1.82) is 0 Å². The molecule has 3 aromatic rings. The lowest BCUT2D eigenvalue weighted by atomic mass is 10.1. The van der Waals surface area contributed by atoms with Crippen LogP contribution in [0.5, 0.6) is 23.0 Å². The number of ether oxygens (including phenoxy) is 4. The zero-order valence-corrected chi connectivity index (χ0v) is 20.9. The molecule has 0 spiro atoms. The fraction of sp³-hybridized carbons (Fsp3) is 0.385. The van der Waals surface area contributed by atoms with E-state index in [1.165, 1.54) is 0 Å². The maximum absolute atomic E-state index is 13.5. The van der Waals surface area contributed by atoms with E-state index in [0.29, 0.717) is 55.7 Å². The highest BCUT2D eigenvalue weighted by Gasteiger charge is 2.27. The Balaban J connectivity index is 1.58. The van der Waals surface area contributed by atoms with E-state index in [4.69, 9.17) is 23.9 Å². The number of aromatic nitrogens is 1. The van der Waals surface area contributed by atoms with Gasteiger partial charge in [-0.25, -0.2) is 4.98 Å². The molecular formula is C26H30N2O5S. The van der Waals surface area contributed by atoms with E-state index in [0.717, 1.165) is 33.3 Å². The Kier molecular flexibility index (Phi) is 7.57. The summed E-state index contributed by atoms with van der Waals surface area (Å²) in [6, 6.07) is 11.4. The Morgan fingerprint density at radius 3 is 2.24 bits per heavy atom. The van der Waals surface area contributed by atoms with Crippen molar-refractivity contribution < 1.29 is 23.7 Å². The molecule has 0 saturated heterocycles. The van der Waals surface area contributed by atoms with Gasteiger partial charge in [-0.05, 0) is 57.2 Å². The smallest absolute Gasteiger partial charge is 0.254 e. The maximum Gasteiger partial charge on any atom is 0.254 e. The van der Waals surface area contributed by atoms with E-state index < -0.39 is 0 Å². The molecular weight excluding hydrogens is 452 g/mol. The van der Waals surface area contributed by atoms with E-state index in [-0.39, 0.29) is 5.91 Å². The highest BCUT2D eigenvalue weighted by molar-refractivity contribution is 7.15. The zero-order valence-electron chi connectivity index (χ0n) is 20.1. The van der Waals surface area contributed by atoms with Crippen molar-refractivity contribution in [1.82, 2.24) is 9.88 Å². The SMILES string of the molecule is CCOc1cc(C(=O)N2CCc3nc(-c4ccc(OC)cc4)sc3C2)cc(OCC)c1OCC. The molecule has 0 atom stereocenters. The number of benzene rings is 2. The molecule has 0 bridgehead atoms. The van der Waals surface area contributed by atoms with Gasteiger partial charge in [0, 0.05) is 29.0 Å². The minimum absolute atomic E-state index is 0.0602. The van der Waals surface area contributed by atoms with Gasteiger partial charge in [0.15, 0.2) is 11.5 Å². The molecule has 1 aromatic heterocycles. The second-order valence-corrected chi connectivity index (χ2v) is 8.78.